The van der Waals surface area contributed by atoms with Crippen LogP contribution in [-0.4, -0.2) is 50.5 Å². The molecule has 2 amide bonds. The van der Waals surface area contributed by atoms with Crippen molar-refractivity contribution in [1.82, 2.24) is 10.2 Å². The molecule has 7 nitrogen and oxygen atoms in total. The highest BCUT2D eigenvalue weighted by Gasteiger charge is 2.26. The van der Waals surface area contributed by atoms with Gasteiger partial charge in [0.05, 0.1) is 11.9 Å². The Balaban J connectivity index is 2.15. The summed E-state index contributed by atoms with van der Waals surface area (Å²) in [5, 5.41) is 2.84. The molecule has 1 atom stereocenters. The lowest BCUT2D eigenvalue weighted by Gasteiger charge is -2.30. The highest BCUT2D eigenvalue weighted by atomic mass is 32.2. The Kier molecular flexibility index (Phi) is 10.0. The maximum atomic E-state index is 13.3. The third-order valence-corrected chi connectivity index (χ3v) is 6.78. The highest BCUT2D eigenvalue weighted by Crippen LogP contribution is 2.20. The molecule has 34 heavy (non-hydrogen) atoms. The van der Waals surface area contributed by atoms with Gasteiger partial charge in [0, 0.05) is 26.1 Å². The zero-order chi connectivity index (χ0) is 25.3. The third-order valence-electron chi connectivity index (χ3n) is 5.59. The molecule has 2 aromatic rings. The summed E-state index contributed by atoms with van der Waals surface area (Å²) in [4.78, 5) is 27.4. The lowest BCUT2D eigenvalue weighted by atomic mass is 10.1. The molecule has 9 heteroatoms. The summed E-state index contributed by atoms with van der Waals surface area (Å²) in [6.45, 7) is 6.46. The van der Waals surface area contributed by atoms with Gasteiger partial charge in [0.1, 0.15) is 11.9 Å². The minimum atomic E-state index is -3.62. The zero-order valence-electron chi connectivity index (χ0n) is 20.3. The largest absolute Gasteiger partial charge is 0.354 e. The van der Waals surface area contributed by atoms with Gasteiger partial charge in [-0.2, -0.15) is 0 Å². The minimum absolute atomic E-state index is 0.0600. The van der Waals surface area contributed by atoms with Gasteiger partial charge < -0.3 is 10.2 Å². The van der Waals surface area contributed by atoms with Gasteiger partial charge in [-0.1, -0.05) is 31.2 Å². The van der Waals surface area contributed by atoms with Crippen LogP contribution in [0.1, 0.15) is 44.2 Å². The molecule has 1 N–H and O–H groups in total. The predicted octanol–water partition coefficient (Wildman–Crippen LogP) is 3.62. The van der Waals surface area contributed by atoms with Crippen LogP contribution in [0.3, 0.4) is 0 Å². The molecule has 0 aliphatic rings. The summed E-state index contributed by atoms with van der Waals surface area (Å²) in [5.74, 6) is -0.933. The van der Waals surface area contributed by atoms with Gasteiger partial charge in [0.15, 0.2) is 0 Å². The van der Waals surface area contributed by atoms with E-state index in [-0.39, 0.29) is 37.7 Å². The number of halogens is 1. The van der Waals surface area contributed by atoms with Gasteiger partial charge in [-0.05, 0) is 62.1 Å². The van der Waals surface area contributed by atoms with E-state index in [4.69, 9.17) is 0 Å². The highest BCUT2D eigenvalue weighted by molar-refractivity contribution is 7.92. The minimum Gasteiger partial charge on any atom is -0.354 e. The van der Waals surface area contributed by atoms with Crippen LogP contribution in [0.25, 0.3) is 0 Å². The molecule has 0 saturated carbocycles. The van der Waals surface area contributed by atoms with Gasteiger partial charge in [-0.25, -0.2) is 12.8 Å². The van der Waals surface area contributed by atoms with Gasteiger partial charge in [0.25, 0.3) is 0 Å². The summed E-state index contributed by atoms with van der Waals surface area (Å²) < 4.78 is 39.0. The number of anilines is 1. The lowest BCUT2D eigenvalue weighted by Crippen LogP contribution is -2.48. The van der Waals surface area contributed by atoms with E-state index in [9.17, 15) is 22.4 Å². The molecule has 0 radical (unpaired) electrons. The van der Waals surface area contributed by atoms with Crippen molar-refractivity contribution in [2.24, 2.45) is 0 Å². The number of carbonyl (C=O) groups is 2. The zero-order valence-corrected chi connectivity index (χ0v) is 21.1. The summed E-state index contributed by atoms with van der Waals surface area (Å²) in [7, 11) is -3.62. The molecule has 0 fully saturated rings. The fourth-order valence-corrected chi connectivity index (χ4v) is 4.53. The SMILES string of the molecule is CCCNC(=O)[C@@H](C)N(Cc1ccccc1C)C(=O)CCCN(c1ccc(F)cc1)S(C)(=O)=O. The Bertz CT molecular complexity index is 1070. The average molecular weight is 492 g/mol. The van der Waals surface area contributed by atoms with Gasteiger partial charge in [0.2, 0.25) is 21.8 Å². The van der Waals surface area contributed by atoms with E-state index in [1.54, 1.807) is 6.92 Å². The van der Waals surface area contributed by atoms with Crippen molar-refractivity contribution in [3.8, 4) is 0 Å². The monoisotopic (exact) mass is 491 g/mol. The second-order valence-electron chi connectivity index (χ2n) is 8.33. The van der Waals surface area contributed by atoms with Gasteiger partial charge >= 0.3 is 0 Å². The molecule has 0 aliphatic heterocycles. The number of nitrogens with one attached hydrogen (secondary N) is 1. The standard InChI is InChI=1S/C25H34FN3O4S/c1-5-16-27-25(31)20(3)28(18-21-10-7-6-9-19(21)2)24(30)11-8-17-29(34(4,32)33)23-14-12-22(26)13-15-23/h6-7,9-10,12-15,20H,5,8,11,16-18H2,1-4H3,(H,27,31)/t20-/m1/s1. The molecule has 2 aromatic carbocycles. The number of hydrogen-bond acceptors (Lipinski definition) is 4. The van der Waals surface area contributed by atoms with Crippen LogP contribution < -0.4 is 9.62 Å². The number of aryl methyl sites for hydroxylation is 1. The van der Waals surface area contributed by atoms with Crippen LogP contribution in [0.5, 0.6) is 0 Å². The summed E-state index contributed by atoms with van der Waals surface area (Å²) in [6.07, 6.45) is 2.17. The van der Waals surface area contributed by atoms with Crippen molar-refractivity contribution in [1.29, 1.82) is 0 Å². The van der Waals surface area contributed by atoms with Crippen LogP contribution in [0, 0.1) is 12.7 Å². The molecule has 0 aliphatic carbocycles. The Morgan fingerprint density at radius 1 is 1.09 bits per heavy atom. The number of carbonyl (C=O) groups excluding carboxylic acids is 2. The van der Waals surface area contributed by atoms with Crippen molar-refractivity contribution in [3.05, 3.63) is 65.5 Å². The summed E-state index contributed by atoms with van der Waals surface area (Å²) >= 11 is 0. The maximum absolute atomic E-state index is 13.3. The van der Waals surface area contributed by atoms with Crippen LogP contribution in [0.2, 0.25) is 0 Å². The molecule has 0 heterocycles. The molecular weight excluding hydrogens is 457 g/mol. The van der Waals surface area contributed by atoms with Crippen molar-refractivity contribution in [3.63, 3.8) is 0 Å². The summed E-state index contributed by atoms with van der Waals surface area (Å²) in [5.41, 5.74) is 2.29. The first-order valence-corrected chi connectivity index (χ1v) is 13.2. The number of benzene rings is 2. The predicted molar refractivity (Wildman–Crippen MR) is 132 cm³/mol. The van der Waals surface area contributed by atoms with Crippen molar-refractivity contribution < 1.29 is 22.4 Å². The Labute approximate surface area is 202 Å². The second kappa shape index (κ2) is 12.5. The third kappa shape index (κ3) is 7.83. The van der Waals surface area contributed by atoms with Crippen molar-refractivity contribution >= 4 is 27.5 Å². The normalized spacial score (nSPS) is 12.1. The molecule has 0 saturated heterocycles. The van der Waals surface area contributed by atoms with E-state index in [0.29, 0.717) is 12.2 Å². The summed E-state index contributed by atoms with van der Waals surface area (Å²) in [6, 6.07) is 12.2. The maximum Gasteiger partial charge on any atom is 0.242 e. The molecule has 2 rings (SSSR count). The number of nitrogens with zero attached hydrogens (tertiary/aromatic N) is 2. The topological polar surface area (TPSA) is 86.8 Å². The Morgan fingerprint density at radius 2 is 1.74 bits per heavy atom. The Morgan fingerprint density at radius 3 is 2.32 bits per heavy atom. The number of amides is 2. The molecule has 0 aromatic heterocycles. The molecule has 0 spiro atoms. The first-order valence-electron chi connectivity index (χ1n) is 11.4. The molecule has 0 unspecified atom stereocenters. The second-order valence-corrected chi connectivity index (χ2v) is 10.2. The van der Waals surface area contributed by atoms with Crippen molar-refractivity contribution in [2.75, 3.05) is 23.7 Å². The Hall–Kier alpha value is -2.94. The van der Waals surface area contributed by atoms with Crippen LogP contribution >= 0.6 is 0 Å². The quantitative estimate of drug-likeness (QED) is 0.491. The van der Waals surface area contributed by atoms with E-state index in [1.165, 1.54) is 29.2 Å². The van der Waals surface area contributed by atoms with Gasteiger partial charge in [-0.3, -0.25) is 13.9 Å². The number of hydrogen-bond donors (Lipinski definition) is 1. The van der Waals surface area contributed by atoms with E-state index in [1.807, 2.05) is 38.1 Å². The molecule has 0 bridgehead atoms. The smallest absolute Gasteiger partial charge is 0.242 e. The van der Waals surface area contributed by atoms with Crippen LogP contribution in [0.4, 0.5) is 10.1 Å². The number of rotatable bonds is 12. The number of sulfonamides is 1. The van der Waals surface area contributed by atoms with Gasteiger partial charge in [-0.15, -0.1) is 0 Å². The molecular formula is C25H34FN3O4S. The van der Waals surface area contributed by atoms with Crippen molar-refractivity contribution in [2.45, 2.75) is 52.6 Å². The fourth-order valence-electron chi connectivity index (χ4n) is 3.56. The lowest BCUT2D eigenvalue weighted by molar-refractivity contribution is -0.140. The van der Waals surface area contributed by atoms with E-state index in [0.717, 1.165) is 28.1 Å². The van der Waals surface area contributed by atoms with Crippen LogP contribution in [-0.2, 0) is 26.2 Å². The van der Waals surface area contributed by atoms with E-state index < -0.39 is 21.9 Å². The van der Waals surface area contributed by atoms with E-state index in [2.05, 4.69) is 5.32 Å². The first kappa shape index (κ1) is 27.3. The van der Waals surface area contributed by atoms with E-state index >= 15 is 0 Å². The van der Waals surface area contributed by atoms with Crippen LogP contribution in [0.15, 0.2) is 48.5 Å². The fraction of sp³-hybridized carbons (Fsp3) is 0.440. The molecule has 186 valence electrons. The average Bonchev–Trinajstić information content (AvgIpc) is 2.79. The first-order chi connectivity index (χ1) is 16.0.